The van der Waals surface area contributed by atoms with E-state index >= 15 is 0 Å². The van der Waals surface area contributed by atoms with Crippen LogP contribution in [0.1, 0.15) is 25.5 Å². The van der Waals surface area contributed by atoms with Crippen LogP contribution < -0.4 is 10.6 Å². The normalized spacial score (nSPS) is 20.6. The summed E-state index contributed by atoms with van der Waals surface area (Å²) in [5.74, 6) is 0.776. The predicted octanol–water partition coefficient (Wildman–Crippen LogP) is 1.86. The molecular formula is C16H26IN5O2S. The van der Waals surface area contributed by atoms with Gasteiger partial charge in [0, 0.05) is 49.5 Å². The van der Waals surface area contributed by atoms with Crippen LogP contribution in [0.25, 0.3) is 4.96 Å². The molecule has 0 saturated carbocycles. The highest BCUT2D eigenvalue weighted by molar-refractivity contribution is 14.0. The van der Waals surface area contributed by atoms with E-state index in [-0.39, 0.29) is 36.0 Å². The maximum atomic E-state index is 9.32. The van der Waals surface area contributed by atoms with E-state index in [1.807, 2.05) is 29.1 Å². The van der Waals surface area contributed by atoms with E-state index in [4.69, 9.17) is 4.74 Å². The van der Waals surface area contributed by atoms with Crippen molar-refractivity contribution in [3.63, 3.8) is 0 Å². The number of aromatic nitrogens is 2. The lowest BCUT2D eigenvalue weighted by Gasteiger charge is -2.27. The molecule has 0 bridgehead atoms. The van der Waals surface area contributed by atoms with Crippen molar-refractivity contribution in [3.05, 3.63) is 23.5 Å². The Labute approximate surface area is 168 Å². The van der Waals surface area contributed by atoms with Gasteiger partial charge in [-0.05, 0) is 19.8 Å². The van der Waals surface area contributed by atoms with E-state index in [1.165, 1.54) is 0 Å². The topological polar surface area (TPSA) is 83.2 Å². The van der Waals surface area contributed by atoms with Gasteiger partial charge in [-0.2, -0.15) is 0 Å². The highest BCUT2D eigenvalue weighted by atomic mass is 127. The van der Waals surface area contributed by atoms with Gasteiger partial charge in [0.05, 0.1) is 18.8 Å². The molecule has 0 radical (unpaired) electrons. The maximum absolute atomic E-state index is 9.32. The molecule has 9 heteroatoms. The first-order valence-electron chi connectivity index (χ1n) is 8.36. The van der Waals surface area contributed by atoms with Crippen molar-refractivity contribution in [2.45, 2.75) is 26.3 Å². The number of aliphatic hydroxyl groups is 1. The quantitative estimate of drug-likeness (QED) is 0.321. The average Bonchev–Trinajstić information content (AvgIpc) is 3.26. The lowest BCUT2D eigenvalue weighted by molar-refractivity contribution is 0.127. The summed E-state index contributed by atoms with van der Waals surface area (Å²) in [6.45, 7) is 5.77. The minimum atomic E-state index is 0. The summed E-state index contributed by atoms with van der Waals surface area (Å²) in [6.07, 6.45) is 5.73. The SMILES string of the molecule is CCNC(=NCc1cn2ccsc2n1)NCC1(CCO)CCOC1.I. The van der Waals surface area contributed by atoms with E-state index in [0.717, 1.165) is 49.2 Å². The third-order valence-electron chi connectivity index (χ3n) is 4.34. The number of hydrogen-bond donors (Lipinski definition) is 3. The number of hydrogen-bond acceptors (Lipinski definition) is 5. The van der Waals surface area contributed by atoms with E-state index in [1.54, 1.807) is 11.3 Å². The van der Waals surface area contributed by atoms with Crippen molar-refractivity contribution in [1.82, 2.24) is 20.0 Å². The summed E-state index contributed by atoms with van der Waals surface area (Å²) in [4.78, 5) is 10.2. The lowest BCUT2D eigenvalue weighted by atomic mass is 9.84. The molecule has 1 fully saturated rings. The summed E-state index contributed by atoms with van der Waals surface area (Å²) >= 11 is 1.62. The summed E-state index contributed by atoms with van der Waals surface area (Å²) in [6, 6.07) is 0. The fourth-order valence-electron chi connectivity index (χ4n) is 2.94. The van der Waals surface area contributed by atoms with Gasteiger partial charge in [0.2, 0.25) is 0 Å². The summed E-state index contributed by atoms with van der Waals surface area (Å²) in [5.41, 5.74) is 0.954. The second kappa shape index (κ2) is 9.70. The largest absolute Gasteiger partial charge is 0.396 e. The van der Waals surface area contributed by atoms with Crippen LogP contribution in [-0.4, -0.2) is 53.4 Å². The zero-order valence-corrected chi connectivity index (χ0v) is 17.5. The third kappa shape index (κ3) is 5.28. The van der Waals surface area contributed by atoms with Crippen LogP contribution in [0.5, 0.6) is 0 Å². The lowest BCUT2D eigenvalue weighted by Crippen LogP contribution is -2.44. The van der Waals surface area contributed by atoms with Gasteiger partial charge in [-0.15, -0.1) is 35.3 Å². The zero-order valence-electron chi connectivity index (χ0n) is 14.4. The Morgan fingerprint density at radius 1 is 1.52 bits per heavy atom. The number of fused-ring (bicyclic) bond motifs is 1. The molecule has 140 valence electrons. The molecule has 0 amide bonds. The molecule has 1 atom stereocenters. The number of aliphatic hydroxyl groups excluding tert-OH is 1. The fraction of sp³-hybridized carbons (Fsp3) is 0.625. The first kappa shape index (κ1) is 20.4. The Morgan fingerprint density at radius 3 is 3.08 bits per heavy atom. The van der Waals surface area contributed by atoms with Gasteiger partial charge < -0.3 is 20.5 Å². The number of guanidine groups is 1. The number of rotatable bonds is 7. The smallest absolute Gasteiger partial charge is 0.193 e. The molecule has 2 aromatic heterocycles. The second-order valence-corrected chi connectivity index (χ2v) is 7.02. The average molecular weight is 479 g/mol. The van der Waals surface area contributed by atoms with Crippen LogP contribution in [0, 0.1) is 5.41 Å². The van der Waals surface area contributed by atoms with Gasteiger partial charge in [0.25, 0.3) is 0 Å². The molecule has 1 saturated heterocycles. The van der Waals surface area contributed by atoms with E-state index in [9.17, 15) is 5.11 Å². The van der Waals surface area contributed by atoms with Crippen molar-refractivity contribution in [1.29, 1.82) is 0 Å². The molecule has 0 spiro atoms. The highest BCUT2D eigenvalue weighted by Gasteiger charge is 2.34. The summed E-state index contributed by atoms with van der Waals surface area (Å²) in [5, 5.41) is 18.0. The number of ether oxygens (including phenoxy) is 1. The maximum Gasteiger partial charge on any atom is 0.193 e. The van der Waals surface area contributed by atoms with Crippen molar-refractivity contribution in [2.75, 3.05) is 32.9 Å². The Bertz CT molecular complexity index is 652. The van der Waals surface area contributed by atoms with Crippen molar-refractivity contribution in [2.24, 2.45) is 10.4 Å². The van der Waals surface area contributed by atoms with Crippen molar-refractivity contribution in [3.8, 4) is 0 Å². The van der Waals surface area contributed by atoms with Crippen LogP contribution in [0.3, 0.4) is 0 Å². The zero-order chi connectivity index (χ0) is 16.8. The number of halogens is 1. The minimum Gasteiger partial charge on any atom is -0.396 e. The summed E-state index contributed by atoms with van der Waals surface area (Å²) in [7, 11) is 0. The predicted molar refractivity (Wildman–Crippen MR) is 111 cm³/mol. The van der Waals surface area contributed by atoms with Crippen LogP contribution in [0.15, 0.2) is 22.8 Å². The van der Waals surface area contributed by atoms with Crippen molar-refractivity contribution < 1.29 is 9.84 Å². The number of aliphatic imine (C=N–C) groups is 1. The molecule has 25 heavy (non-hydrogen) atoms. The highest BCUT2D eigenvalue weighted by Crippen LogP contribution is 2.31. The summed E-state index contributed by atoms with van der Waals surface area (Å²) < 4.78 is 7.55. The van der Waals surface area contributed by atoms with Gasteiger partial charge in [-0.1, -0.05) is 0 Å². The Hall–Kier alpha value is -0.910. The molecule has 3 heterocycles. The fourth-order valence-corrected chi connectivity index (χ4v) is 3.66. The Balaban J connectivity index is 0.00000225. The molecule has 3 N–H and O–H groups in total. The minimum absolute atomic E-state index is 0. The van der Waals surface area contributed by atoms with Gasteiger partial charge in [0.1, 0.15) is 0 Å². The number of imidazole rings is 1. The molecule has 0 aliphatic carbocycles. The van der Waals surface area contributed by atoms with Gasteiger partial charge in [-0.3, -0.25) is 4.40 Å². The number of nitrogens with one attached hydrogen (secondary N) is 2. The number of nitrogens with zero attached hydrogens (tertiary/aromatic N) is 3. The first-order chi connectivity index (χ1) is 11.7. The van der Waals surface area contributed by atoms with Gasteiger partial charge in [-0.25, -0.2) is 9.98 Å². The molecule has 3 rings (SSSR count). The monoisotopic (exact) mass is 479 g/mol. The van der Waals surface area contributed by atoms with Crippen LogP contribution in [-0.2, 0) is 11.3 Å². The van der Waals surface area contributed by atoms with E-state index in [2.05, 4.69) is 20.6 Å². The van der Waals surface area contributed by atoms with E-state index < -0.39 is 0 Å². The van der Waals surface area contributed by atoms with Gasteiger partial charge in [0.15, 0.2) is 10.9 Å². The molecule has 0 aromatic carbocycles. The molecule has 1 aliphatic heterocycles. The molecule has 7 nitrogen and oxygen atoms in total. The standard InChI is InChI=1S/C16H25N5O2S.HI/c1-2-17-14(19-11-16(3-6-22)4-7-23-12-16)18-9-13-10-21-5-8-24-15(21)20-13;/h5,8,10,22H,2-4,6-7,9,11-12H2,1H3,(H2,17,18,19);1H. The Morgan fingerprint density at radius 2 is 2.40 bits per heavy atom. The second-order valence-electron chi connectivity index (χ2n) is 6.15. The first-order valence-corrected chi connectivity index (χ1v) is 9.24. The van der Waals surface area contributed by atoms with Crippen LogP contribution in [0.2, 0.25) is 0 Å². The molecule has 1 aliphatic rings. The van der Waals surface area contributed by atoms with Crippen LogP contribution >= 0.6 is 35.3 Å². The number of thiazole rings is 1. The third-order valence-corrected chi connectivity index (χ3v) is 5.12. The molecule has 1 unspecified atom stereocenters. The van der Waals surface area contributed by atoms with Gasteiger partial charge >= 0.3 is 0 Å². The van der Waals surface area contributed by atoms with Crippen molar-refractivity contribution >= 4 is 46.2 Å². The molecule has 2 aromatic rings. The Kier molecular flexibility index (Phi) is 7.91. The van der Waals surface area contributed by atoms with E-state index in [0.29, 0.717) is 13.2 Å². The molecular weight excluding hydrogens is 453 g/mol. The van der Waals surface area contributed by atoms with Crippen LogP contribution in [0.4, 0.5) is 0 Å².